The highest BCUT2D eigenvalue weighted by atomic mass is 16.5. The molecule has 0 aliphatic rings. The quantitative estimate of drug-likeness (QED) is 0.717. The number of anilines is 2. The number of nitrogen functional groups attached to an aromatic ring is 2. The number of hydrogen-bond donors (Lipinski definition) is 2. The molecule has 5 nitrogen and oxygen atoms in total. The van der Waals surface area contributed by atoms with Gasteiger partial charge in [-0.05, 0) is 30.2 Å². The van der Waals surface area contributed by atoms with Crippen LogP contribution >= 0.6 is 0 Å². The summed E-state index contributed by atoms with van der Waals surface area (Å²) in [6.07, 6.45) is 1.60. The van der Waals surface area contributed by atoms with Gasteiger partial charge in [0.25, 0.3) is 5.89 Å². The summed E-state index contributed by atoms with van der Waals surface area (Å²) in [4.78, 5) is 4.39. The van der Waals surface area contributed by atoms with E-state index >= 15 is 0 Å². The van der Waals surface area contributed by atoms with E-state index in [0.29, 0.717) is 23.1 Å². The van der Waals surface area contributed by atoms with Gasteiger partial charge in [0.1, 0.15) is 0 Å². The first kappa shape index (κ1) is 13.2. The largest absolute Gasteiger partial charge is 0.399 e. The SMILES string of the molecule is Nc1cc(N)cc(-c2nc(CCc3ccccc3)no2)c1. The van der Waals surface area contributed by atoms with Gasteiger partial charge in [0.2, 0.25) is 0 Å². The zero-order valence-corrected chi connectivity index (χ0v) is 11.5. The van der Waals surface area contributed by atoms with Gasteiger partial charge in [-0.15, -0.1) is 0 Å². The first-order valence-corrected chi connectivity index (χ1v) is 6.73. The zero-order chi connectivity index (χ0) is 14.7. The summed E-state index contributed by atoms with van der Waals surface area (Å²) < 4.78 is 5.28. The van der Waals surface area contributed by atoms with Crippen LogP contribution < -0.4 is 11.5 Å². The van der Waals surface area contributed by atoms with E-state index in [4.69, 9.17) is 16.0 Å². The fourth-order valence-corrected chi connectivity index (χ4v) is 2.17. The molecule has 0 saturated heterocycles. The van der Waals surface area contributed by atoms with Crippen molar-refractivity contribution in [3.63, 3.8) is 0 Å². The van der Waals surface area contributed by atoms with Gasteiger partial charge in [0, 0.05) is 23.4 Å². The molecule has 1 heterocycles. The summed E-state index contributed by atoms with van der Waals surface area (Å²) in [7, 11) is 0. The second-order valence-electron chi connectivity index (χ2n) is 4.89. The Labute approximate surface area is 122 Å². The lowest BCUT2D eigenvalue weighted by molar-refractivity contribution is 0.422. The van der Waals surface area contributed by atoms with Crippen LogP contribution in [0.3, 0.4) is 0 Å². The van der Waals surface area contributed by atoms with Gasteiger partial charge in [-0.2, -0.15) is 4.98 Å². The summed E-state index contributed by atoms with van der Waals surface area (Å²) in [6.45, 7) is 0. The summed E-state index contributed by atoms with van der Waals surface area (Å²) >= 11 is 0. The van der Waals surface area contributed by atoms with E-state index in [2.05, 4.69) is 22.3 Å². The molecule has 0 spiro atoms. The lowest BCUT2D eigenvalue weighted by Gasteiger charge is -1.99. The van der Waals surface area contributed by atoms with Crippen LogP contribution in [0.25, 0.3) is 11.5 Å². The van der Waals surface area contributed by atoms with Crippen LogP contribution in [0.2, 0.25) is 0 Å². The molecule has 0 unspecified atom stereocenters. The Kier molecular flexibility index (Phi) is 3.55. The predicted molar refractivity (Wildman–Crippen MR) is 82.4 cm³/mol. The minimum absolute atomic E-state index is 0.442. The third kappa shape index (κ3) is 3.20. The predicted octanol–water partition coefficient (Wildman–Crippen LogP) is 2.69. The highest BCUT2D eigenvalue weighted by Gasteiger charge is 2.10. The fourth-order valence-electron chi connectivity index (χ4n) is 2.17. The Balaban J connectivity index is 1.74. The number of aromatic nitrogens is 2. The minimum atomic E-state index is 0.442. The summed E-state index contributed by atoms with van der Waals surface area (Å²) in [5.41, 5.74) is 14.7. The Morgan fingerprint density at radius 2 is 1.62 bits per heavy atom. The van der Waals surface area contributed by atoms with E-state index in [1.54, 1.807) is 18.2 Å². The molecule has 0 aliphatic heterocycles. The van der Waals surface area contributed by atoms with Gasteiger partial charge in [0.15, 0.2) is 5.82 Å². The first-order chi connectivity index (χ1) is 10.2. The van der Waals surface area contributed by atoms with Crippen LogP contribution in [0.4, 0.5) is 11.4 Å². The molecule has 0 atom stereocenters. The van der Waals surface area contributed by atoms with Gasteiger partial charge in [-0.3, -0.25) is 0 Å². The molecule has 0 amide bonds. The van der Waals surface area contributed by atoms with Crippen molar-refractivity contribution in [1.29, 1.82) is 0 Å². The molecule has 1 aromatic heterocycles. The molecule has 0 aliphatic carbocycles. The number of hydrogen-bond acceptors (Lipinski definition) is 5. The average Bonchev–Trinajstić information content (AvgIpc) is 2.94. The van der Waals surface area contributed by atoms with Crippen molar-refractivity contribution in [3.05, 3.63) is 59.9 Å². The van der Waals surface area contributed by atoms with Crippen molar-refractivity contribution >= 4 is 11.4 Å². The van der Waals surface area contributed by atoms with Crippen molar-refractivity contribution in [1.82, 2.24) is 10.1 Å². The van der Waals surface area contributed by atoms with Gasteiger partial charge < -0.3 is 16.0 Å². The van der Waals surface area contributed by atoms with Crippen molar-refractivity contribution < 1.29 is 4.52 Å². The molecule has 0 fully saturated rings. The number of benzene rings is 2. The minimum Gasteiger partial charge on any atom is -0.399 e. The fraction of sp³-hybridized carbons (Fsp3) is 0.125. The Hall–Kier alpha value is -2.82. The molecular formula is C16H16N4O. The number of nitrogens with two attached hydrogens (primary N) is 2. The third-order valence-electron chi connectivity index (χ3n) is 3.17. The van der Waals surface area contributed by atoms with E-state index in [9.17, 15) is 0 Å². The number of aryl methyl sites for hydroxylation is 2. The summed E-state index contributed by atoms with van der Waals surface area (Å²) in [5, 5.41) is 4.00. The molecule has 2 aromatic carbocycles. The van der Waals surface area contributed by atoms with Crippen LogP contribution in [-0.2, 0) is 12.8 Å². The lowest BCUT2D eigenvalue weighted by atomic mass is 10.1. The normalized spacial score (nSPS) is 10.7. The van der Waals surface area contributed by atoms with Crippen molar-refractivity contribution in [2.75, 3.05) is 11.5 Å². The Morgan fingerprint density at radius 1 is 0.905 bits per heavy atom. The Morgan fingerprint density at radius 3 is 2.33 bits per heavy atom. The maximum Gasteiger partial charge on any atom is 0.258 e. The van der Waals surface area contributed by atoms with Crippen LogP contribution in [0.15, 0.2) is 53.1 Å². The average molecular weight is 280 g/mol. The second-order valence-corrected chi connectivity index (χ2v) is 4.89. The molecule has 5 heteroatoms. The molecule has 21 heavy (non-hydrogen) atoms. The molecule has 106 valence electrons. The third-order valence-corrected chi connectivity index (χ3v) is 3.17. The van der Waals surface area contributed by atoms with Crippen molar-refractivity contribution in [2.45, 2.75) is 12.8 Å². The van der Waals surface area contributed by atoms with E-state index in [0.717, 1.165) is 18.4 Å². The van der Waals surface area contributed by atoms with Crippen LogP contribution in [0, 0.1) is 0 Å². The Bertz CT molecular complexity index is 717. The molecule has 0 saturated carbocycles. The van der Waals surface area contributed by atoms with Crippen molar-refractivity contribution in [2.24, 2.45) is 0 Å². The lowest BCUT2D eigenvalue weighted by Crippen LogP contribution is -1.94. The standard InChI is InChI=1S/C16H16N4O/c17-13-8-12(9-14(18)10-13)16-19-15(20-21-16)7-6-11-4-2-1-3-5-11/h1-5,8-10H,6-7,17-18H2. The molecule has 0 bridgehead atoms. The highest BCUT2D eigenvalue weighted by molar-refractivity contribution is 5.67. The molecule has 4 N–H and O–H groups in total. The molecule has 0 radical (unpaired) electrons. The maximum absolute atomic E-state index is 5.77. The second kappa shape index (κ2) is 5.66. The first-order valence-electron chi connectivity index (χ1n) is 6.73. The molecule has 3 aromatic rings. The van der Waals surface area contributed by atoms with Crippen molar-refractivity contribution in [3.8, 4) is 11.5 Å². The maximum atomic E-state index is 5.77. The van der Waals surface area contributed by atoms with E-state index in [1.165, 1.54) is 5.56 Å². The molecular weight excluding hydrogens is 264 g/mol. The van der Waals surface area contributed by atoms with Gasteiger partial charge >= 0.3 is 0 Å². The highest BCUT2D eigenvalue weighted by Crippen LogP contribution is 2.23. The van der Waals surface area contributed by atoms with Crippen LogP contribution in [-0.4, -0.2) is 10.1 Å². The smallest absolute Gasteiger partial charge is 0.258 e. The topological polar surface area (TPSA) is 91.0 Å². The summed E-state index contributed by atoms with van der Waals surface area (Å²) in [6, 6.07) is 15.4. The van der Waals surface area contributed by atoms with Gasteiger partial charge in [0.05, 0.1) is 0 Å². The van der Waals surface area contributed by atoms with E-state index in [1.807, 2.05) is 18.2 Å². The zero-order valence-electron chi connectivity index (χ0n) is 11.5. The van der Waals surface area contributed by atoms with Crippen LogP contribution in [0.5, 0.6) is 0 Å². The summed E-state index contributed by atoms with van der Waals surface area (Å²) in [5.74, 6) is 1.12. The van der Waals surface area contributed by atoms with Gasteiger partial charge in [-0.1, -0.05) is 35.5 Å². The number of nitrogens with zero attached hydrogens (tertiary/aromatic N) is 2. The van der Waals surface area contributed by atoms with E-state index < -0.39 is 0 Å². The van der Waals surface area contributed by atoms with E-state index in [-0.39, 0.29) is 0 Å². The molecule has 3 rings (SSSR count). The monoisotopic (exact) mass is 280 g/mol. The van der Waals surface area contributed by atoms with Crippen LogP contribution in [0.1, 0.15) is 11.4 Å². The number of rotatable bonds is 4. The van der Waals surface area contributed by atoms with Gasteiger partial charge in [-0.25, -0.2) is 0 Å².